The molecule has 0 saturated heterocycles. The van der Waals surface area contributed by atoms with E-state index in [1.165, 1.54) is 0 Å². The molecule has 1 N–H and O–H groups in total. The van der Waals surface area contributed by atoms with Gasteiger partial charge in [0, 0.05) is 12.4 Å². The molecular formula is C9H8ClNO2. The van der Waals surface area contributed by atoms with Gasteiger partial charge in [-0.1, -0.05) is 11.6 Å². The Balaban J connectivity index is 2.21. The minimum absolute atomic E-state index is 0.0907. The Morgan fingerprint density at radius 1 is 1.69 bits per heavy atom. The highest BCUT2D eigenvalue weighted by molar-refractivity contribution is 6.31. The quantitative estimate of drug-likeness (QED) is 0.788. The van der Waals surface area contributed by atoms with Gasteiger partial charge < -0.3 is 5.11 Å². The maximum atomic E-state index is 10.6. The first-order chi connectivity index (χ1) is 6.20. The van der Waals surface area contributed by atoms with Gasteiger partial charge in [-0.3, -0.25) is 9.78 Å². The molecule has 2 atom stereocenters. The zero-order valence-electron chi connectivity index (χ0n) is 6.77. The number of pyridine rings is 1. The first kappa shape index (κ1) is 8.51. The molecule has 3 nitrogen and oxygen atoms in total. The van der Waals surface area contributed by atoms with Crippen LogP contribution in [0.1, 0.15) is 17.9 Å². The highest BCUT2D eigenvalue weighted by Gasteiger charge is 2.44. The summed E-state index contributed by atoms with van der Waals surface area (Å²) in [6.07, 6.45) is 3.88. The summed E-state index contributed by atoms with van der Waals surface area (Å²) in [5.74, 6) is -0.897. The second-order valence-electron chi connectivity index (χ2n) is 3.18. The molecular weight excluding hydrogens is 190 g/mol. The van der Waals surface area contributed by atoms with Gasteiger partial charge >= 0.3 is 5.97 Å². The van der Waals surface area contributed by atoms with Gasteiger partial charge in [-0.2, -0.15) is 0 Å². The molecule has 68 valence electrons. The minimum atomic E-state index is -0.738. The second kappa shape index (κ2) is 3.00. The Bertz CT molecular complexity index is 353. The summed E-state index contributed by atoms with van der Waals surface area (Å²) >= 11 is 5.87. The van der Waals surface area contributed by atoms with Crippen LogP contribution in [0.15, 0.2) is 18.5 Å². The van der Waals surface area contributed by atoms with Crippen LogP contribution in [-0.2, 0) is 4.79 Å². The average molecular weight is 198 g/mol. The van der Waals surface area contributed by atoms with Crippen LogP contribution in [0.3, 0.4) is 0 Å². The molecule has 0 amide bonds. The van der Waals surface area contributed by atoms with Gasteiger partial charge in [0.05, 0.1) is 10.9 Å². The van der Waals surface area contributed by atoms with Crippen molar-refractivity contribution in [3.8, 4) is 0 Å². The lowest BCUT2D eigenvalue weighted by Crippen LogP contribution is -1.99. The van der Waals surface area contributed by atoms with Gasteiger partial charge in [-0.15, -0.1) is 0 Å². The van der Waals surface area contributed by atoms with E-state index >= 15 is 0 Å². The number of nitrogens with zero attached hydrogens (tertiary/aromatic N) is 1. The molecule has 0 aromatic carbocycles. The van der Waals surface area contributed by atoms with Crippen LogP contribution >= 0.6 is 11.6 Å². The van der Waals surface area contributed by atoms with E-state index in [0.717, 1.165) is 5.56 Å². The van der Waals surface area contributed by atoms with Gasteiger partial charge in [0.2, 0.25) is 0 Å². The number of hydrogen-bond acceptors (Lipinski definition) is 2. The van der Waals surface area contributed by atoms with Crippen LogP contribution in [0.25, 0.3) is 0 Å². The number of carboxylic acid groups (broad SMARTS) is 1. The van der Waals surface area contributed by atoms with Crippen LogP contribution < -0.4 is 0 Å². The molecule has 13 heavy (non-hydrogen) atoms. The zero-order valence-corrected chi connectivity index (χ0v) is 7.53. The molecule has 1 fully saturated rings. The maximum absolute atomic E-state index is 10.6. The van der Waals surface area contributed by atoms with Crippen molar-refractivity contribution in [2.75, 3.05) is 0 Å². The highest BCUT2D eigenvalue weighted by atomic mass is 35.5. The van der Waals surface area contributed by atoms with E-state index in [0.29, 0.717) is 11.4 Å². The van der Waals surface area contributed by atoms with Crippen molar-refractivity contribution in [1.82, 2.24) is 4.98 Å². The maximum Gasteiger partial charge on any atom is 0.307 e. The minimum Gasteiger partial charge on any atom is -0.481 e. The molecule has 1 aliphatic carbocycles. The Hall–Kier alpha value is -1.09. The molecule has 0 spiro atoms. The van der Waals surface area contributed by atoms with Crippen LogP contribution in [0.4, 0.5) is 0 Å². The molecule has 0 aliphatic heterocycles. The van der Waals surface area contributed by atoms with Crippen LogP contribution in [0, 0.1) is 5.92 Å². The van der Waals surface area contributed by atoms with E-state index in [4.69, 9.17) is 16.7 Å². The molecule has 4 heteroatoms. The van der Waals surface area contributed by atoms with E-state index in [1.54, 1.807) is 18.5 Å². The van der Waals surface area contributed by atoms with Crippen LogP contribution in [-0.4, -0.2) is 16.1 Å². The molecule has 1 aromatic rings. The van der Waals surface area contributed by atoms with Gasteiger partial charge in [0.15, 0.2) is 0 Å². The first-order valence-corrected chi connectivity index (χ1v) is 4.40. The summed E-state index contributed by atoms with van der Waals surface area (Å²) in [6.45, 7) is 0. The van der Waals surface area contributed by atoms with Crippen LogP contribution in [0.5, 0.6) is 0 Å². The third-order valence-corrected chi connectivity index (χ3v) is 2.63. The summed E-state index contributed by atoms with van der Waals surface area (Å²) in [5.41, 5.74) is 0.907. The van der Waals surface area contributed by atoms with E-state index in [9.17, 15) is 4.79 Å². The molecule has 2 unspecified atom stereocenters. The third-order valence-electron chi connectivity index (χ3n) is 2.31. The lowest BCUT2D eigenvalue weighted by molar-refractivity contribution is -0.138. The lowest BCUT2D eigenvalue weighted by Gasteiger charge is -1.99. The normalized spacial score (nSPS) is 25.6. The van der Waals surface area contributed by atoms with Gasteiger partial charge in [-0.05, 0) is 24.0 Å². The number of aromatic nitrogens is 1. The molecule has 0 radical (unpaired) electrons. The molecule has 1 aliphatic rings. The van der Waals surface area contributed by atoms with E-state index in [2.05, 4.69) is 4.98 Å². The van der Waals surface area contributed by atoms with Gasteiger partial charge in [0.25, 0.3) is 0 Å². The van der Waals surface area contributed by atoms with Crippen LogP contribution in [0.2, 0.25) is 5.02 Å². The predicted octanol–water partition coefficient (Wildman–Crippen LogP) is 1.92. The summed E-state index contributed by atoms with van der Waals surface area (Å²) in [7, 11) is 0. The predicted molar refractivity (Wildman–Crippen MR) is 47.7 cm³/mol. The van der Waals surface area contributed by atoms with Crippen molar-refractivity contribution >= 4 is 17.6 Å². The number of rotatable bonds is 2. The van der Waals surface area contributed by atoms with Crippen molar-refractivity contribution in [3.63, 3.8) is 0 Å². The second-order valence-corrected chi connectivity index (χ2v) is 3.59. The van der Waals surface area contributed by atoms with Crippen molar-refractivity contribution in [3.05, 3.63) is 29.0 Å². The summed E-state index contributed by atoms with van der Waals surface area (Å²) < 4.78 is 0. The third kappa shape index (κ3) is 1.52. The number of halogens is 1. The van der Waals surface area contributed by atoms with E-state index in [-0.39, 0.29) is 11.8 Å². The van der Waals surface area contributed by atoms with Gasteiger partial charge in [-0.25, -0.2) is 0 Å². The summed E-state index contributed by atoms with van der Waals surface area (Å²) in [5, 5.41) is 9.28. The molecule has 0 bridgehead atoms. The molecule has 1 saturated carbocycles. The SMILES string of the molecule is O=C(O)C1CC1c1ccncc1Cl. The fourth-order valence-corrected chi connectivity index (χ4v) is 1.76. The van der Waals surface area contributed by atoms with E-state index < -0.39 is 5.97 Å². The average Bonchev–Trinajstić information content (AvgIpc) is 2.84. The van der Waals surface area contributed by atoms with Crippen molar-refractivity contribution in [2.24, 2.45) is 5.92 Å². The highest BCUT2D eigenvalue weighted by Crippen LogP contribution is 2.49. The monoisotopic (exact) mass is 197 g/mol. The number of aliphatic carboxylic acids is 1. The topological polar surface area (TPSA) is 50.2 Å². The summed E-state index contributed by atoms with van der Waals surface area (Å²) in [4.78, 5) is 14.4. The molecule has 2 rings (SSSR count). The number of carboxylic acids is 1. The smallest absolute Gasteiger partial charge is 0.307 e. The Kier molecular flexibility index (Phi) is 1.96. The number of hydrogen-bond donors (Lipinski definition) is 1. The standard InChI is InChI=1S/C9H8ClNO2/c10-8-4-11-2-1-5(8)6-3-7(6)9(12)13/h1-2,4,6-7H,3H2,(H,12,13). The fourth-order valence-electron chi connectivity index (χ4n) is 1.50. The summed E-state index contributed by atoms with van der Waals surface area (Å²) in [6, 6.07) is 1.79. The van der Waals surface area contributed by atoms with E-state index in [1.807, 2.05) is 0 Å². The van der Waals surface area contributed by atoms with Gasteiger partial charge in [0.1, 0.15) is 0 Å². The Morgan fingerprint density at radius 3 is 3.00 bits per heavy atom. The zero-order chi connectivity index (χ0) is 9.42. The van der Waals surface area contributed by atoms with Crippen molar-refractivity contribution in [1.29, 1.82) is 0 Å². The molecule has 1 heterocycles. The Morgan fingerprint density at radius 2 is 2.46 bits per heavy atom. The number of carbonyl (C=O) groups is 1. The first-order valence-electron chi connectivity index (χ1n) is 4.02. The van der Waals surface area contributed by atoms with Crippen molar-refractivity contribution < 1.29 is 9.90 Å². The fraction of sp³-hybridized carbons (Fsp3) is 0.333. The molecule has 1 aromatic heterocycles. The Labute approximate surface area is 80.4 Å². The van der Waals surface area contributed by atoms with Crippen molar-refractivity contribution in [2.45, 2.75) is 12.3 Å². The lowest BCUT2D eigenvalue weighted by atomic mass is 10.1. The largest absolute Gasteiger partial charge is 0.481 e.